The molecule has 3 rings (SSSR count). The summed E-state index contributed by atoms with van der Waals surface area (Å²) in [6.07, 6.45) is 0. The number of hydrogen-bond acceptors (Lipinski definition) is 1. The third kappa shape index (κ3) is 1.38. The number of hydrogen-bond donors (Lipinski definition) is 0. The number of nitrogens with zero attached hydrogens (tertiary/aromatic N) is 1. The fourth-order valence-electron chi connectivity index (χ4n) is 2.17. The van der Waals surface area contributed by atoms with Gasteiger partial charge >= 0.3 is 0 Å². The van der Waals surface area contributed by atoms with Crippen LogP contribution in [0.3, 0.4) is 0 Å². The molecule has 16 heavy (non-hydrogen) atoms. The van der Waals surface area contributed by atoms with Gasteiger partial charge in [-0.1, -0.05) is 0 Å². The van der Waals surface area contributed by atoms with E-state index < -0.39 is 0 Å². The zero-order valence-corrected chi connectivity index (χ0v) is 10.2. The molecule has 0 N–H and O–H groups in total. The van der Waals surface area contributed by atoms with Crippen LogP contribution in [-0.4, -0.2) is 4.57 Å². The molecule has 2 heterocycles. The van der Waals surface area contributed by atoms with Crippen LogP contribution < -0.4 is 0 Å². The van der Waals surface area contributed by atoms with Gasteiger partial charge in [-0.25, -0.2) is 0 Å². The molecule has 0 saturated carbocycles. The molecule has 0 aliphatic carbocycles. The van der Waals surface area contributed by atoms with Crippen LogP contribution in [0.4, 0.5) is 0 Å². The average Bonchev–Trinajstić information content (AvgIpc) is 2.85. The summed E-state index contributed by atoms with van der Waals surface area (Å²) in [5.41, 5.74) is 3.82. The highest BCUT2D eigenvalue weighted by Gasteiger charge is 2.04. The van der Waals surface area contributed by atoms with E-state index in [4.69, 9.17) is 0 Å². The number of thiophene rings is 1. The number of rotatable bonds is 1. The van der Waals surface area contributed by atoms with Crippen LogP contribution >= 0.6 is 11.3 Å². The Hall–Kier alpha value is -1.54. The average molecular weight is 227 g/mol. The van der Waals surface area contributed by atoms with Gasteiger partial charge in [0.1, 0.15) is 0 Å². The molecule has 0 fully saturated rings. The summed E-state index contributed by atoms with van der Waals surface area (Å²) in [4.78, 5) is 0. The highest BCUT2D eigenvalue weighted by atomic mass is 32.1. The summed E-state index contributed by atoms with van der Waals surface area (Å²) in [6.45, 7) is 4.29. The van der Waals surface area contributed by atoms with E-state index in [-0.39, 0.29) is 0 Å². The first-order valence-corrected chi connectivity index (χ1v) is 6.26. The Kier molecular flexibility index (Phi) is 2.11. The quantitative estimate of drug-likeness (QED) is 0.584. The normalized spacial score (nSPS) is 11.1. The van der Waals surface area contributed by atoms with Crippen LogP contribution in [0.2, 0.25) is 0 Å². The first-order valence-electron chi connectivity index (χ1n) is 5.38. The first kappa shape index (κ1) is 9.67. The second kappa shape index (κ2) is 3.49. The monoisotopic (exact) mass is 227 g/mol. The van der Waals surface area contributed by atoms with E-state index in [0.29, 0.717) is 0 Å². The molecule has 1 aromatic carbocycles. The minimum atomic E-state index is 1.26. The third-order valence-electron chi connectivity index (χ3n) is 2.97. The van der Waals surface area contributed by atoms with Crippen LogP contribution in [0.1, 0.15) is 11.4 Å². The maximum atomic E-state index is 2.29. The summed E-state index contributed by atoms with van der Waals surface area (Å²) in [7, 11) is 0. The molecule has 1 nitrogen and oxygen atoms in total. The molecule has 0 aliphatic rings. The molecule has 0 aliphatic heterocycles. The Bertz CT molecular complexity index is 626. The lowest BCUT2D eigenvalue weighted by atomic mass is 10.2. The van der Waals surface area contributed by atoms with E-state index in [9.17, 15) is 0 Å². The van der Waals surface area contributed by atoms with Crippen molar-refractivity contribution in [3.05, 3.63) is 53.2 Å². The zero-order valence-electron chi connectivity index (χ0n) is 9.40. The molecule has 80 valence electrons. The van der Waals surface area contributed by atoms with Gasteiger partial charge in [-0.3, -0.25) is 0 Å². The van der Waals surface area contributed by atoms with Gasteiger partial charge in [0.15, 0.2) is 0 Å². The van der Waals surface area contributed by atoms with E-state index in [2.05, 4.69) is 60.2 Å². The highest BCUT2D eigenvalue weighted by Crippen LogP contribution is 2.25. The molecule has 0 saturated heterocycles. The Morgan fingerprint density at radius 1 is 0.938 bits per heavy atom. The van der Waals surface area contributed by atoms with E-state index in [1.807, 2.05) is 0 Å². The molecule has 2 heteroatoms. The molecule has 0 radical (unpaired) electrons. The van der Waals surface area contributed by atoms with E-state index in [1.54, 1.807) is 11.3 Å². The predicted octanol–water partition coefficient (Wildman–Crippen LogP) is 4.31. The van der Waals surface area contributed by atoms with Gasteiger partial charge in [-0.05, 0) is 61.0 Å². The Labute approximate surface area is 99.0 Å². The molecule has 0 spiro atoms. The Balaban J connectivity index is 2.25. The van der Waals surface area contributed by atoms with Crippen molar-refractivity contribution in [2.75, 3.05) is 0 Å². The van der Waals surface area contributed by atoms with Gasteiger partial charge in [0.2, 0.25) is 0 Å². The van der Waals surface area contributed by atoms with Crippen molar-refractivity contribution in [3.8, 4) is 5.69 Å². The molecule has 0 atom stereocenters. The maximum Gasteiger partial charge on any atom is 0.0461 e. The summed E-state index contributed by atoms with van der Waals surface area (Å²) in [6, 6.07) is 13.1. The van der Waals surface area contributed by atoms with Gasteiger partial charge in [-0.15, -0.1) is 11.3 Å². The van der Waals surface area contributed by atoms with Crippen LogP contribution in [0.15, 0.2) is 41.8 Å². The van der Waals surface area contributed by atoms with E-state index >= 15 is 0 Å². The van der Waals surface area contributed by atoms with Crippen LogP contribution in [0, 0.1) is 13.8 Å². The zero-order chi connectivity index (χ0) is 11.1. The van der Waals surface area contributed by atoms with Crippen LogP contribution in [0.25, 0.3) is 15.8 Å². The van der Waals surface area contributed by atoms with Gasteiger partial charge in [0.25, 0.3) is 0 Å². The van der Waals surface area contributed by atoms with Crippen molar-refractivity contribution in [1.82, 2.24) is 4.57 Å². The highest BCUT2D eigenvalue weighted by molar-refractivity contribution is 7.17. The van der Waals surface area contributed by atoms with Crippen LogP contribution in [0.5, 0.6) is 0 Å². The fraction of sp³-hybridized carbons (Fsp3) is 0.143. The summed E-state index contributed by atoms with van der Waals surface area (Å²) in [5.74, 6) is 0. The second-order valence-electron chi connectivity index (χ2n) is 4.09. The van der Waals surface area contributed by atoms with Crippen molar-refractivity contribution in [2.24, 2.45) is 0 Å². The smallest absolute Gasteiger partial charge is 0.0461 e. The SMILES string of the molecule is Cc1ccc(C)n1-c1ccc2sccc2c1. The summed E-state index contributed by atoms with van der Waals surface area (Å²) < 4.78 is 3.64. The van der Waals surface area contributed by atoms with Gasteiger partial charge in [0, 0.05) is 21.8 Å². The molecule has 0 unspecified atom stereocenters. The van der Waals surface area contributed by atoms with Gasteiger partial charge in [-0.2, -0.15) is 0 Å². The Morgan fingerprint density at radius 3 is 2.44 bits per heavy atom. The molecular formula is C14H13NS. The summed E-state index contributed by atoms with van der Waals surface area (Å²) >= 11 is 1.79. The largest absolute Gasteiger partial charge is 0.318 e. The molecule has 3 aromatic rings. The van der Waals surface area contributed by atoms with Crippen molar-refractivity contribution in [1.29, 1.82) is 0 Å². The predicted molar refractivity (Wildman–Crippen MR) is 70.6 cm³/mol. The fourth-order valence-corrected chi connectivity index (χ4v) is 2.94. The van der Waals surface area contributed by atoms with Crippen molar-refractivity contribution >= 4 is 21.4 Å². The lowest BCUT2D eigenvalue weighted by Gasteiger charge is -2.09. The van der Waals surface area contributed by atoms with E-state index in [1.165, 1.54) is 27.2 Å². The Morgan fingerprint density at radius 2 is 1.69 bits per heavy atom. The van der Waals surface area contributed by atoms with Crippen LogP contribution in [-0.2, 0) is 0 Å². The van der Waals surface area contributed by atoms with Crippen molar-refractivity contribution in [2.45, 2.75) is 13.8 Å². The number of aryl methyl sites for hydroxylation is 2. The lowest BCUT2D eigenvalue weighted by molar-refractivity contribution is 0.968. The second-order valence-corrected chi connectivity index (χ2v) is 5.04. The maximum absolute atomic E-state index is 2.29. The number of benzene rings is 1. The van der Waals surface area contributed by atoms with Gasteiger partial charge < -0.3 is 4.57 Å². The molecule has 2 aromatic heterocycles. The summed E-state index contributed by atoms with van der Waals surface area (Å²) in [5, 5.41) is 3.47. The van der Waals surface area contributed by atoms with Gasteiger partial charge in [0.05, 0.1) is 0 Å². The minimum Gasteiger partial charge on any atom is -0.318 e. The molecular weight excluding hydrogens is 214 g/mol. The lowest BCUT2D eigenvalue weighted by Crippen LogP contribution is -1.97. The van der Waals surface area contributed by atoms with Crippen molar-refractivity contribution in [3.63, 3.8) is 0 Å². The minimum absolute atomic E-state index is 1.26. The van der Waals surface area contributed by atoms with E-state index in [0.717, 1.165) is 0 Å². The third-order valence-corrected chi connectivity index (χ3v) is 3.86. The first-order chi connectivity index (χ1) is 7.75. The standard InChI is InChI=1S/C14H13NS/c1-10-3-4-11(2)15(10)13-5-6-14-12(9-13)7-8-16-14/h3-9H,1-2H3. The number of fused-ring (bicyclic) bond motifs is 1. The topological polar surface area (TPSA) is 4.93 Å². The van der Waals surface area contributed by atoms with Crippen molar-refractivity contribution < 1.29 is 0 Å². The number of aromatic nitrogens is 1. The molecule has 0 bridgehead atoms. The molecule has 0 amide bonds.